The molecule has 1 atom stereocenters. The van der Waals surface area contributed by atoms with Gasteiger partial charge in [0.25, 0.3) is 0 Å². The third kappa shape index (κ3) is 6.02. The second-order valence-electron chi connectivity index (χ2n) is 11.2. The lowest BCUT2D eigenvalue weighted by molar-refractivity contribution is -0.0489. The first-order valence-electron chi connectivity index (χ1n) is 14.6. The molecule has 1 aliphatic heterocycles. The molecule has 14 heteroatoms. The van der Waals surface area contributed by atoms with Crippen molar-refractivity contribution in [3.63, 3.8) is 0 Å². The van der Waals surface area contributed by atoms with Gasteiger partial charge < -0.3 is 19.9 Å². The minimum atomic E-state index is -3.09. The van der Waals surface area contributed by atoms with E-state index in [1.165, 1.54) is 22.8 Å². The number of nitriles is 1. The summed E-state index contributed by atoms with van der Waals surface area (Å²) in [6.45, 7) is 0.905. The molecule has 4 aromatic rings. The number of aliphatic hydroxyl groups is 1. The van der Waals surface area contributed by atoms with Crippen molar-refractivity contribution >= 4 is 5.52 Å². The summed E-state index contributed by atoms with van der Waals surface area (Å²) in [4.78, 5) is 6.54. The van der Waals surface area contributed by atoms with Gasteiger partial charge >= 0.3 is 6.61 Å². The molecule has 0 radical (unpaired) electrons. The summed E-state index contributed by atoms with van der Waals surface area (Å²) < 4.78 is 54.2. The number of alkyl halides is 2. The predicted molar refractivity (Wildman–Crippen MR) is 153 cm³/mol. The van der Waals surface area contributed by atoms with E-state index in [9.17, 15) is 18.3 Å². The highest BCUT2D eigenvalue weighted by Gasteiger charge is 2.29. The molecule has 0 aromatic carbocycles. The molecule has 2 N–H and O–H groups in total. The lowest BCUT2D eigenvalue weighted by Gasteiger charge is -2.35. The first kappa shape index (κ1) is 29.7. The fraction of sp³-hybridized carbons (Fsp3) is 0.467. The quantitative estimate of drug-likeness (QED) is 0.214. The van der Waals surface area contributed by atoms with Gasteiger partial charge in [0.1, 0.15) is 5.82 Å². The maximum Gasteiger partial charge on any atom is 0.387 e. The molecular weight excluding hydrogens is 577 g/mol. The van der Waals surface area contributed by atoms with E-state index >= 15 is 0 Å². The lowest BCUT2D eigenvalue weighted by atomic mass is 9.90. The van der Waals surface area contributed by atoms with Crippen LogP contribution in [-0.4, -0.2) is 72.8 Å². The topological polar surface area (TPSA) is 126 Å². The Hall–Kier alpha value is -4.35. The molecule has 4 aromatic heterocycles. The van der Waals surface area contributed by atoms with E-state index in [4.69, 9.17) is 19.8 Å². The predicted octanol–water partition coefficient (Wildman–Crippen LogP) is 3.99. The van der Waals surface area contributed by atoms with Crippen LogP contribution < -0.4 is 14.8 Å². The van der Waals surface area contributed by atoms with Gasteiger partial charge in [-0.15, -0.1) is 0 Å². The van der Waals surface area contributed by atoms with Crippen LogP contribution in [0.3, 0.4) is 0 Å². The number of nitrogens with one attached hydrogen (secondary N) is 1. The fourth-order valence-corrected chi connectivity index (χ4v) is 6.37. The molecule has 1 saturated carbocycles. The fourth-order valence-electron chi connectivity index (χ4n) is 6.37. The zero-order valence-corrected chi connectivity index (χ0v) is 24.2. The van der Waals surface area contributed by atoms with E-state index < -0.39 is 25.1 Å². The summed E-state index contributed by atoms with van der Waals surface area (Å²) in [6.07, 6.45) is 9.82. The Morgan fingerprint density at radius 3 is 2.64 bits per heavy atom. The molecule has 232 valence electrons. The van der Waals surface area contributed by atoms with Crippen LogP contribution in [0.15, 0.2) is 36.8 Å². The number of aromatic nitrogens is 5. The first-order valence-corrected chi connectivity index (χ1v) is 14.6. The summed E-state index contributed by atoms with van der Waals surface area (Å²) in [5.41, 5.74) is 3.86. The Balaban J connectivity index is 1.29. The van der Waals surface area contributed by atoms with Crippen LogP contribution in [0.2, 0.25) is 0 Å². The third-order valence-corrected chi connectivity index (χ3v) is 8.58. The number of fused-ring (bicyclic) bond motifs is 2. The van der Waals surface area contributed by atoms with E-state index in [0.717, 1.165) is 69.2 Å². The number of nitrogens with zero attached hydrogens (tertiary/aromatic N) is 7. The third-order valence-electron chi connectivity index (χ3n) is 8.58. The number of ether oxygens (including phenoxy) is 2. The molecule has 1 unspecified atom stereocenters. The summed E-state index contributed by atoms with van der Waals surface area (Å²) in [5.74, 6) is -0.618. The molecule has 44 heavy (non-hydrogen) atoms. The summed E-state index contributed by atoms with van der Waals surface area (Å²) >= 11 is 0. The number of aliphatic hydroxyl groups excluding tert-OH is 1. The number of rotatable bonds is 9. The highest BCUT2D eigenvalue weighted by Crippen LogP contribution is 2.38. The molecule has 5 heterocycles. The Morgan fingerprint density at radius 2 is 1.93 bits per heavy atom. The molecule has 0 bridgehead atoms. The number of hydrogen-bond acceptors (Lipinski definition) is 9. The van der Waals surface area contributed by atoms with Gasteiger partial charge in [0.05, 0.1) is 36.9 Å². The average Bonchev–Trinajstić information content (AvgIpc) is 3.48. The molecular formula is C30H33F3N8O3. The molecule has 1 fully saturated rings. The van der Waals surface area contributed by atoms with Gasteiger partial charge in [-0.1, -0.05) is 0 Å². The molecule has 0 saturated heterocycles. The van der Waals surface area contributed by atoms with Crippen LogP contribution in [0.25, 0.3) is 16.8 Å². The zero-order chi connectivity index (χ0) is 30.8. The summed E-state index contributed by atoms with van der Waals surface area (Å²) in [7, 11) is 0. The van der Waals surface area contributed by atoms with E-state index in [1.807, 2.05) is 11.6 Å². The normalized spacial score (nSPS) is 19.8. The highest BCUT2D eigenvalue weighted by atomic mass is 19.3. The Morgan fingerprint density at radius 1 is 1.11 bits per heavy atom. The molecule has 11 nitrogen and oxygen atoms in total. The monoisotopic (exact) mass is 610 g/mol. The van der Waals surface area contributed by atoms with Crippen molar-refractivity contribution in [2.45, 2.75) is 70.4 Å². The van der Waals surface area contributed by atoms with Crippen LogP contribution in [0, 0.1) is 24.2 Å². The van der Waals surface area contributed by atoms with Crippen LogP contribution in [0.4, 0.5) is 13.2 Å². The summed E-state index contributed by atoms with van der Waals surface area (Å²) in [6, 6.07) is 5.00. The highest BCUT2D eigenvalue weighted by molar-refractivity contribution is 5.75. The Labute approximate surface area is 251 Å². The van der Waals surface area contributed by atoms with Crippen LogP contribution in [0.5, 0.6) is 11.5 Å². The van der Waals surface area contributed by atoms with Crippen molar-refractivity contribution in [2.24, 2.45) is 0 Å². The van der Waals surface area contributed by atoms with Gasteiger partial charge in [-0.2, -0.15) is 24.2 Å². The van der Waals surface area contributed by atoms with Crippen molar-refractivity contribution in [1.82, 2.24) is 34.6 Å². The zero-order valence-electron chi connectivity index (χ0n) is 24.2. The van der Waals surface area contributed by atoms with Crippen molar-refractivity contribution < 1.29 is 27.8 Å². The molecule has 1 aliphatic carbocycles. The smallest absolute Gasteiger partial charge is 0.387 e. The second-order valence-corrected chi connectivity index (χ2v) is 11.2. The summed E-state index contributed by atoms with van der Waals surface area (Å²) in [5, 5.41) is 31.1. The molecule has 0 spiro atoms. The van der Waals surface area contributed by atoms with Gasteiger partial charge in [0.15, 0.2) is 29.3 Å². The largest absolute Gasteiger partial charge is 0.479 e. The van der Waals surface area contributed by atoms with Gasteiger partial charge in [0.2, 0.25) is 0 Å². The van der Waals surface area contributed by atoms with Gasteiger partial charge in [-0.25, -0.2) is 8.91 Å². The Bertz CT molecular complexity index is 1640. The minimum Gasteiger partial charge on any atom is -0.479 e. The first-order chi connectivity index (χ1) is 21.3. The van der Waals surface area contributed by atoms with Gasteiger partial charge in [0, 0.05) is 49.0 Å². The van der Waals surface area contributed by atoms with Crippen molar-refractivity contribution in [3.05, 3.63) is 59.6 Å². The molecule has 0 amide bonds. The van der Waals surface area contributed by atoms with Gasteiger partial charge in [-0.3, -0.25) is 14.6 Å². The minimum absolute atomic E-state index is 0.121. The standard InChI is InChI=1S/C30H33F3N8O3/c1-18-24-8-9-39(22-5-3-21(4-6-22)36-17-34)10-11-40(24)38-28(18)19-12-25(29-26(44-30(32)33)14-37-41(29)15-19)43-27(16-42)23-7-2-20(31)13-35-23/h2,7,12-15,21-22,27,30,36,42H,3-6,8-11,16H2,1H3. The Kier molecular flexibility index (Phi) is 8.58. The van der Waals surface area contributed by atoms with Crippen LogP contribution in [0.1, 0.15) is 48.7 Å². The molecule has 2 aliphatic rings. The van der Waals surface area contributed by atoms with Crippen molar-refractivity contribution in [1.29, 1.82) is 5.26 Å². The van der Waals surface area contributed by atoms with E-state index in [-0.39, 0.29) is 28.8 Å². The van der Waals surface area contributed by atoms with Gasteiger partial charge in [-0.05, 0) is 56.4 Å². The van der Waals surface area contributed by atoms with Crippen molar-refractivity contribution in [2.75, 3.05) is 19.7 Å². The SMILES string of the molecule is Cc1c(-c2cc(OC(CO)c3ccc(F)cn3)c3c(OC(F)F)cnn3c2)nn2c1CCN(C1CCC(NC#N)CC1)CC2. The van der Waals surface area contributed by atoms with E-state index in [2.05, 4.69) is 26.5 Å². The number of pyridine rings is 2. The van der Waals surface area contributed by atoms with E-state index in [0.29, 0.717) is 17.3 Å². The van der Waals surface area contributed by atoms with Crippen molar-refractivity contribution in [3.8, 4) is 28.9 Å². The molecule has 6 rings (SSSR count). The number of halogens is 3. The van der Waals surface area contributed by atoms with E-state index in [1.54, 1.807) is 12.3 Å². The number of hydrogen-bond donors (Lipinski definition) is 2. The van der Waals surface area contributed by atoms with Crippen LogP contribution >= 0.6 is 0 Å². The maximum absolute atomic E-state index is 13.5. The second kappa shape index (κ2) is 12.7. The lowest BCUT2D eigenvalue weighted by Crippen LogP contribution is -2.42. The average molecular weight is 611 g/mol. The maximum atomic E-state index is 13.5. The van der Waals surface area contributed by atoms with Crippen LogP contribution in [-0.2, 0) is 13.0 Å².